The highest BCUT2D eigenvalue weighted by atomic mass is 79.9. The third kappa shape index (κ3) is 1.32. The Balaban J connectivity index is 2.79. The van der Waals surface area contributed by atoms with Crippen LogP contribution in [0.2, 0.25) is 0 Å². The van der Waals surface area contributed by atoms with E-state index >= 15 is 0 Å². The van der Waals surface area contributed by atoms with Crippen molar-refractivity contribution in [1.29, 1.82) is 0 Å². The zero-order valence-electron chi connectivity index (χ0n) is 7.47. The Kier molecular flexibility index (Phi) is 2.07. The van der Waals surface area contributed by atoms with Crippen LogP contribution in [0.4, 0.5) is 0 Å². The number of carboxylic acid groups (broad SMARTS) is 1. The average Bonchev–Trinajstić information content (AvgIpc) is 2.43. The van der Waals surface area contributed by atoms with Crippen LogP contribution >= 0.6 is 15.9 Å². The van der Waals surface area contributed by atoms with E-state index in [9.17, 15) is 4.79 Å². The summed E-state index contributed by atoms with van der Waals surface area (Å²) >= 11 is 3.34. The molecule has 0 bridgehead atoms. The van der Waals surface area contributed by atoms with E-state index in [1.165, 1.54) is 0 Å². The molecule has 1 aromatic carbocycles. The van der Waals surface area contributed by atoms with E-state index in [0.717, 1.165) is 20.9 Å². The molecule has 0 saturated carbocycles. The van der Waals surface area contributed by atoms with Gasteiger partial charge in [-0.25, -0.2) is 4.79 Å². The first-order chi connectivity index (χ1) is 6.59. The van der Waals surface area contributed by atoms with Gasteiger partial charge in [0.25, 0.3) is 0 Å². The molecule has 0 amide bonds. The maximum Gasteiger partial charge on any atom is 0.352 e. The molecule has 0 radical (unpaired) electrons. The number of rotatable bonds is 1. The molecule has 0 saturated heterocycles. The second-order valence-corrected chi connectivity index (χ2v) is 4.04. The fourth-order valence-corrected chi connectivity index (χ4v) is 1.88. The molecule has 0 spiro atoms. The van der Waals surface area contributed by atoms with Gasteiger partial charge in [-0.05, 0) is 24.6 Å². The van der Waals surface area contributed by atoms with Crippen LogP contribution in [-0.4, -0.2) is 16.1 Å². The first-order valence-electron chi connectivity index (χ1n) is 4.10. The molecule has 4 heteroatoms. The highest BCUT2D eigenvalue weighted by molar-refractivity contribution is 9.10. The summed E-state index contributed by atoms with van der Waals surface area (Å²) in [6.45, 7) is 1.80. The topological polar surface area (TPSA) is 53.1 Å². The van der Waals surface area contributed by atoms with E-state index in [2.05, 4.69) is 20.9 Å². The van der Waals surface area contributed by atoms with Gasteiger partial charge in [-0.1, -0.05) is 22.0 Å². The zero-order chi connectivity index (χ0) is 10.3. The summed E-state index contributed by atoms with van der Waals surface area (Å²) in [6.07, 6.45) is 0. The first kappa shape index (κ1) is 9.27. The van der Waals surface area contributed by atoms with Gasteiger partial charge >= 0.3 is 5.97 Å². The number of H-pyrrole nitrogens is 1. The van der Waals surface area contributed by atoms with Gasteiger partial charge in [-0.15, -0.1) is 0 Å². The molecule has 1 heterocycles. The zero-order valence-corrected chi connectivity index (χ0v) is 9.05. The molecular formula is C10H8BrNO2. The van der Waals surface area contributed by atoms with Crippen molar-refractivity contribution in [3.05, 3.63) is 33.9 Å². The standard InChI is InChI=1S/C10H8BrNO2/c1-5-7-3-2-6(11)4-8(7)12-9(5)10(13)14/h2-4,12H,1H3,(H,13,14). The average molecular weight is 254 g/mol. The summed E-state index contributed by atoms with van der Waals surface area (Å²) < 4.78 is 0.934. The fraction of sp³-hybridized carbons (Fsp3) is 0.100. The Labute approximate surface area is 88.9 Å². The molecule has 0 aliphatic carbocycles. The molecule has 2 aromatic rings. The predicted octanol–water partition coefficient (Wildman–Crippen LogP) is 2.94. The monoisotopic (exact) mass is 253 g/mol. The van der Waals surface area contributed by atoms with Crippen molar-refractivity contribution in [3.8, 4) is 0 Å². The van der Waals surface area contributed by atoms with Crippen molar-refractivity contribution >= 4 is 32.8 Å². The number of benzene rings is 1. The van der Waals surface area contributed by atoms with Crippen molar-refractivity contribution in [2.45, 2.75) is 6.92 Å². The summed E-state index contributed by atoms with van der Waals surface area (Å²) in [5.41, 5.74) is 1.88. The number of hydrogen-bond acceptors (Lipinski definition) is 1. The van der Waals surface area contributed by atoms with E-state index in [-0.39, 0.29) is 5.69 Å². The number of aryl methyl sites for hydroxylation is 1. The number of nitrogens with one attached hydrogen (secondary N) is 1. The molecule has 0 aliphatic heterocycles. The largest absolute Gasteiger partial charge is 0.477 e. The van der Waals surface area contributed by atoms with Gasteiger partial charge in [0.1, 0.15) is 5.69 Å². The Morgan fingerprint density at radius 3 is 2.86 bits per heavy atom. The molecule has 3 nitrogen and oxygen atoms in total. The Morgan fingerprint density at radius 2 is 2.21 bits per heavy atom. The summed E-state index contributed by atoms with van der Waals surface area (Å²) in [5, 5.41) is 9.84. The van der Waals surface area contributed by atoms with Gasteiger partial charge in [0.05, 0.1) is 0 Å². The number of aromatic carboxylic acids is 1. The lowest BCUT2D eigenvalue weighted by molar-refractivity contribution is 0.0691. The van der Waals surface area contributed by atoms with Gasteiger partial charge in [0.2, 0.25) is 0 Å². The predicted molar refractivity (Wildman–Crippen MR) is 57.7 cm³/mol. The number of halogens is 1. The molecule has 1 aromatic heterocycles. The van der Waals surface area contributed by atoms with Crippen LogP contribution in [-0.2, 0) is 0 Å². The maximum absolute atomic E-state index is 10.8. The van der Waals surface area contributed by atoms with Gasteiger partial charge in [0, 0.05) is 15.4 Å². The maximum atomic E-state index is 10.8. The van der Waals surface area contributed by atoms with Crippen LogP contribution in [0.3, 0.4) is 0 Å². The third-order valence-corrected chi connectivity index (χ3v) is 2.73. The Bertz CT molecular complexity index is 516. The Hall–Kier alpha value is -1.29. The molecular weight excluding hydrogens is 246 g/mol. The lowest BCUT2D eigenvalue weighted by Gasteiger charge is -1.91. The minimum absolute atomic E-state index is 0.262. The Morgan fingerprint density at radius 1 is 1.50 bits per heavy atom. The fourth-order valence-electron chi connectivity index (χ4n) is 1.52. The normalized spacial score (nSPS) is 10.7. The number of aromatic nitrogens is 1. The highest BCUT2D eigenvalue weighted by Crippen LogP contribution is 2.24. The van der Waals surface area contributed by atoms with E-state index < -0.39 is 5.97 Å². The van der Waals surface area contributed by atoms with E-state index in [1.54, 1.807) is 6.92 Å². The van der Waals surface area contributed by atoms with Gasteiger partial charge in [-0.3, -0.25) is 0 Å². The van der Waals surface area contributed by atoms with Crippen LogP contribution in [0.25, 0.3) is 10.9 Å². The van der Waals surface area contributed by atoms with Crippen molar-refractivity contribution in [2.75, 3.05) is 0 Å². The summed E-state index contributed by atoms with van der Waals surface area (Å²) in [7, 11) is 0. The molecule has 0 fully saturated rings. The molecule has 0 atom stereocenters. The van der Waals surface area contributed by atoms with E-state index in [0.29, 0.717) is 0 Å². The van der Waals surface area contributed by atoms with Crippen LogP contribution < -0.4 is 0 Å². The van der Waals surface area contributed by atoms with Crippen LogP contribution in [0, 0.1) is 6.92 Å². The third-order valence-electron chi connectivity index (χ3n) is 2.23. The minimum atomic E-state index is -0.921. The number of carbonyl (C=O) groups is 1. The molecule has 2 rings (SSSR count). The number of carboxylic acids is 1. The molecule has 14 heavy (non-hydrogen) atoms. The van der Waals surface area contributed by atoms with Gasteiger partial charge in [-0.2, -0.15) is 0 Å². The van der Waals surface area contributed by atoms with Crippen molar-refractivity contribution in [2.24, 2.45) is 0 Å². The van der Waals surface area contributed by atoms with Crippen molar-refractivity contribution in [1.82, 2.24) is 4.98 Å². The number of fused-ring (bicyclic) bond motifs is 1. The molecule has 0 aliphatic rings. The van der Waals surface area contributed by atoms with E-state index in [1.807, 2.05) is 18.2 Å². The summed E-state index contributed by atoms with van der Waals surface area (Å²) in [4.78, 5) is 13.7. The molecule has 0 unspecified atom stereocenters. The minimum Gasteiger partial charge on any atom is -0.477 e. The number of aromatic amines is 1. The lowest BCUT2D eigenvalue weighted by atomic mass is 10.1. The van der Waals surface area contributed by atoms with Crippen LogP contribution in [0.15, 0.2) is 22.7 Å². The first-order valence-corrected chi connectivity index (χ1v) is 4.90. The van der Waals surface area contributed by atoms with E-state index in [4.69, 9.17) is 5.11 Å². The highest BCUT2D eigenvalue weighted by Gasteiger charge is 2.12. The summed E-state index contributed by atoms with van der Waals surface area (Å²) in [5.74, 6) is -0.921. The smallest absolute Gasteiger partial charge is 0.352 e. The van der Waals surface area contributed by atoms with Crippen molar-refractivity contribution < 1.29 is 9.90 Å². The van der Waals surface area contributed by atoms with Crippen molar-refractivity contribution in [3.63, 3.8) is 0 Å². The lowest BCUT2D eigenvalue weighted by Crippen LogP contribution is -1.97. The SMILES string of the molecule is Cc1c(C(=O)O)[nH]c2cc(Br)ccc12. The number of hydrogen-bond donors (Lipinski definition) is 2. The second kappa shape index (κ2) is 3.13. The molecule has 2 N–H and O–H groups in total. The molecule has 72 valence electrons. The van der Waals surface area contributed by atoms with Crippen LogP contribution in [0.1, 0.15) is 16.1 Å². The van der Waals surface area contributed by atoms with Gasteiger partial charge < -0.3 is 10.1 Å². The second-order valence-electron chi connectivity index (χ2n) is 3.12. The summed E-state index contributed by atoms with van der Waals surface area (Å²) in [6, 6.07) is 5.67. The van der Waals surface area contributed by atoms with Gasteiger partial charge in [0.15, 0.2) is 0 Å². The van der Waals surface area contributed by atoms with Crippen LogP contribution in [0.5, 0.6) is 0 Å². The quantitative estimate of drug-likeness (QED) is 0.821.